The Bertz CT molecular complexity index is 820. The Morgan fingerprint density at radius 2 is 1.70 bits per heavy atom. The topological polar surface area (TPSA) is 54.3 Å². The molecule has 2 aromatic rings. The molecular formula is C22H29N3O2. The van der Waals surface area contributed by atoms with Crippen molar-refractivity contribution >= 4 is 5.91 Å². The van der Waals surface area contributed by atoms with Crippen LogP contribution in [0.2, 0.25) is 0 Å². The second kappa shape index (κ2) is 9.00. The molecule has 1 amide bonds. The molecule has 0 saturated carbocycles. The maximum Gasteiger partial charge on any atom is 0.250 e. The van der Waals surface area contributed by atoms with Gasteiger partial charge < -0.3 is 9.88 Å². The van der Waals surface area contributed by atoms with Crippen molar-refractivity contribution < 1.29 is 4.79 Å². The molecule has 27 heavy (non-hydrogen) atoms. The van der Waals surface area contributed by atoms with E-state index >= 15 is 0 Å². The van der Waals surface area contributed by atoms with E-state index in [0.717, 1.165) is 37.0 Å². The number of hydrogen-bond acceptors (Lipinski definition) is 3. The van der Waals surface area contributed by atoms with E-state index < -0.39 is 0 Å². The molecule has 144 valence electrons. The molecule has 1 aromatic heterocycles. The summed E-state index contributed by atoms with van der Waals surface area (Å²) in [6, 6.07) is 13.2. The molecule has 2 heterocycles. The molecule has 0 radical (unpaired) electrons. The van der Waals surface area contributed by atoms with Gasteiger partial charge in [0.2, 0.25) is 5.91 Å². The van der Waals surface area contributed by atoms with Crippen molar-refractivity contribution in [1.29, 1.82) is 0 Å². The van der Waals surface area contributed by atoms with Gasteiger partial charge in [-0.2, -0.15) is 0 Å². The summed E-state index contributed by atoms with van der Waals surface area (Å²) >= 11 is 0. The van der Waals surface area contributed by atoms with Crippen molar-refractivity contribution in [2.75, 3.05) is 13.1 Å². The van der Waals surface area contributed by atoms with E-state index in [-0.39, 0.29) is 18.0 Å². The van der Waals surface area contributed by atoms with E-state index in [1.165, 1.54) is 22.6 Å². The summed E-state index contributed by atoms with van der Waals surface area (Å²) in [5, 5.41) is 2.95. The van der Waals surface area contributed by atoms with Crippen LogP contribution in [0.15, 0.2) is 53.5 Å². The van der Waals surface area contributed by atoms with Gasteiger partial charge in [-0.3, -0.25) is 14.5 Å². The molecule has 1 saturated heterocycles. The zero-order valence-electron chi connectivity index (χ0n) is 16.2. The monoisotopic (exact) mass is 367 g/mol. The minimum atomic E-state index is -0.165. The molecule has 1 aliphatic rings. The van der Waals surface area contributed by atoms with Crippen LogP contribution in [0.1, 0.15) is 31.4 Å². The molecule has 5 nitrogen and oxygen atoms in total. The number of amides is 1. The predicted octanol–water partition coefficient (Wildman–Crippen LogP) is 2.64. The summed E-state index contributed by atoms with van der Waals surface area (Å²) in [6.07, 6.45) is 2.93. The lowest BCUT2D eigenvalue weighted by atomic mass is 9.91. The van der Waals surface area contributed by atoms with Crippen LogP contribution >= 0.6 is 0 Å². The van der Waals surface area contributed by atoms with Crippen molar-refractivity contribution in [3.63, 3.8) is 0 Å². The van der Waals surface area contributed by atoms with Crippen molar-refractivity contribution in [3.8, 4) is 0 Å². The van der Waals surface area contributed by atoms with Crippen LogP contribution in [0.25, 0.3) is 0 Å². The van der Waals surface area contributed by atoms with Gasteiger partial charge >= 0.3 is 0 Å². The smallest absolute Gasteiger partial charge is 0.250 e. The number of carbonyl (C=O) groups excluding carboxylic acids is 1. The third-order valence-electron chi connectivity index (χ3n) is 5.15. The highest BCUT2D eigenvalue weighted by atomic mass is 16.2. The van der Waals surface area contributed by atoms with Crippen LogP contribution in [0.4, 0.5) is 0 Å². The number of piperidine rings is 1. The van der Waals surface area contributed by atoms with Gasteiger partial charge in [-0.25, -0.2) is 0 Å². The molecule has 1 fully saturated rings. The first-order valence-corrected chi connectivity index (χ1v) is 9.72. The summed E-state index contributed by atoms with van der Waals surface area (Å²) < 4.78 is 1.41. The average molecular weight is 367 g/mol. The van der Waals surface area contributed by atoms with Crippen LogP contribution in [0, 0.1) is 11.8 Å². The standard InChI is InChI=1S/C22H29N3O2/c1-17-11-18(2)14-24(13-17)15-20-8-4-3-7-19(20)12-23-21(26)16-25-10-6-5-9-22(25)27/h3-10,17-18H,11-16H2,1-2H3,(H,23,26). The van der Waals surface area contributed by atoms with E-state index in [0.29, 0.717) is 6.54 Å². The molecule has 5 heteroatoms. The van der Waals surface area contributed by atoms with Gasteiger partial charge in [-0.15, -0.1) is 0 Å². The minimum Gasteiger partial charge on any atom is -0.350 e. The molecule has 1 N–H and O–H groups in total. The summed E-state index contributed by atoms with van der Waals surface area (Å²) in [5.41, 5.74) is 2.23. The Morgan fingerprint density at radius 1 is 1.04 bits per heavy atom. The van der Waals surface area contributed by atoms with Gasteiger partial charge in [0.1, 0.15) is 6.54 Å². The quantitative estimate of drug-likeness (QED) is 0.854. The molecule has 0 aliphatic carbocycles. The highest BCUT2D eigenvalue weighted by Crippen LogP contribution is 2.23. The number of benzene rings is 1. The van der Waals surface area contributed by atoms with Crippen LogP contribution in [0.5, 0.6) is 0 Å². The lowest BCUT2D eigenvalue weighted by molar-refractivity contribution is -0.121. The maximum absolute atomic E-state index is 12.2. The highest BCUT2D eigenvalue weighted by molar-refractivity contribution is 5.75. The van der Waals surface area contributed by atoms with E-state index in [1.54, 1.807) is 18.3 Å². The fraction of sp³-hybridized carbons (Fsp3) is 0.455. The largest absolute Gasteiger partial charge is 0.350 e. The number of rotatable bonds is 6. The number of likely N-dealkylation sites (tertiary alicyclic amines) is 1. The van der Waals surface area contributed by atoms with Crippen LogP contribution < -0.4 is 10.9 Å². The Kier molecular flexibility index (Phi) is 6.45. The summed E-state index contributed by atoms with van der Waals surface area (Å²) in [4.78, 5) is 26.5. The van der Waals surface area contributed by atoms with Crippen molar-refractivity contribution in [2.45, 2.75) is 39.9 Å². The zero-order chi connectivity index (χ0) is 19.2. The van der Waals surface area contributed by atoms with Gasteiger partial charge in [0.05, 0.1) is 0 Å². The minimum absolute atomic E-state index is 0.0446. The molecule has 2 atom stereocenters. The van der Waals surface area contributed by atoms with Gasteiger partial charge in [-0.1, -0.05) is 44.2 Å². The molecular weight excluding hydrogens is 338 g/mol. The van der Waals surface area contributed by atoms with Gasteiger partial charge in [0.15, 0.2) is 0 Å². The lowest BCUT2D eigenvalue weighted by Crippen LogP contribution is -2.38. The van der Waals surface area contributed by atoms with Gasteiger partial charge in [0.25, 0.3) is 5.56 Å². The number of hydrogen-bond donors (Lipinski definition) is 1. The molecule has 0 spiro atoms. The average Bonchev–Trinajstić information content (AvgIpc) is 2.62. The SMILES string of the molecule is CC1CC(C)CN(Cc2ccccc2CNC(=O)Cn2ccccc2=O)C1. The fourth-order valence-corrected chi connectivity index (χ4v) is 4.04. The first-order valence-electron chi connectivity index (χ1n) is 9.72. The van der Waals surface area contributed by atoms with Crippen LogP contribution in [-0.2, 0) is 24.4 Å². The molecule has 2 unspecified atom stereocenters. The molecule has 3 rings (SSSR count). The normalized spacial score (nSPS) is 20.4. The van der Waals surface area contributed by atoms with Crippen molar-refractivity contribution in [3.05, 3.63) is 70.1 Å². The maximum atomic E-state index is 12.2. The van der Waals surface area contributed by atoms with E-state index in [2.05, 4.69) is 42.3 Å². The number of aromatic nitrogens is 1. The third-order valence-corrected chi connectivity index (χ3v) is 5.15. The zero-order valence-corrected chi connectivity index (χ0v) is 16.2. The fourth-order valence-electron chi connectivity index (χ4n) is 4.04. The first kappa shape index (κ1) is 19.4. The molecule has 0 bridgehead atoms. The van der Waals surface area contributed by atoms with Crippen molar-refractivity contribution in [2.24, 2.45) is 11.8 Å². The lowest BCUT2D eigenvalue weighted by Gasteiger charge is -2.35. The van der Waals surface area contributed by atoms with Crippen LogP contribution in [-0.4, -0.2) is 28.5 Å². The highest BCUT2D eigenvalue weighted by Gasteiger charge is 2.22. The third kappa shape index (κ3) is 5.54. The Labute approximate surface area is 161 Å². The second-order valence-corrected chi connectivity index (χ2v) is 7.85. The Balaban J connectivity index is 1.60. The van der Waals surface area contributed by atoms with Gasteiger partial charge in [0, 0.05) is 38.4 Å². The summed E-state index contributed by atoms with van der Waals surface area (Å²) in [7, 11) is 0. The van der Waals surface area contributed by atoms with Crippen molar-refractivity contribution in [1.82, 2.24) is 14.8 Å². The number of carbonyl (C=O) groups is 1. The molecule has 1 aliphatic heterocycles. The summed E-state index contributed by atoms with van der Waals surface area (Å²) in [6.45, 7) is 8.34. The van der Waals surface area contributed by atoms with E-state index in [4.69, 9.17) is 0 Å². The van der Waals surface area contributed by atoms with E-state index in [9.17, 15) is 9.59 Å². The van der Waals surface area contributed by atoms with E-state index in [1.807, 2.05) is 6.07 Å². The van der Waals surface area contributed by atoms with Crippen LogP contribution in [0.3, 0.4) is 0 Å². The Morgan fingerprint density at radius 3 is 2.41 bits per heavy atom. The predicted molar refractivity (Wildman–Crippen MR) is 107 cm³/mol. The molecule has 1 aromatic carbocycles. The second-order valence-electron chi connectivity index (χ2n) is 7.85. The number of nitrogens with one attached hydrogen (secondary N) is 1. The number of nitrogens with zero attached hydrogens (tertiary/aromatic N) is 2. The van der Waals surface area contributed by atoms with Gasteiger partial charge in [-0.05, 0) is 35.4 Å². The first-order chi connectivity index (χ1) is 13.0. The Hall–Kier alpha value is -2.40. The number of pyridine rings is 1. The summed E-state index contributed by atoms with van der Waals surface area (Å²) in [5.74, 6) is 1.30.